The molecule has 1 N–H and O–H groups in total. The number of sulfonamides is 1. The van der Waals surface area contributed by atoms with Gasteiger partial charge in [0, 0.05) is 22.9 Å². The van der Waals surface area contributed by atoms with Crippen molar-refractivity contribution in [2.24, 2.45) is 0 Å². The SMILES string of the molecule is Cc1ccc(S(=O)(=O)Nc2ccc(N3CCOCC3(C)C)cc2)cc1Cl. The molecule has 0 saturated carbocycles. The van der Waals surface area contributed by atoms with E-state index in [0.717, 1.165) is 17.8 Å². The molecule has 140 valence electrons. The van der Waals surface area contributed by atoms with Crippen LogP contribution in [0.15, 0.2) is 47.4 Å². The summed E-state index contributed by atoms with van der Waals surface area (Å²) >= 11 is 6.05. The van der Waals surface area contributed by atoms with Crippen molar-refractivity contribution in [3.05, 3.63) is 53.1 Å². The lowest BCUT2D eigenvalue weighted by Gasteiger charge is -2.43. The molecular formula is C19H23ClN2O3S. The molecule has 1 aliphatic rings. The molecule has 5 nitrogen and oxygen atoms in total. The topological polar surface area (TPSA) is 58.6 Å². The van der Waals surface area contributed by atoms with Gasteiger partial charge in [-0.15, -0.1) is 0 Å². The lowest BCUT2D eigenvalue weighted by Crippen LogP contribution is -2.53. The lowest BCUT2D eigenvalue weighted by atomic mass is 10.0. The molecule has 0 atom stereocenters. The maximum absolute atomic E-state index is 12.6. The number of hydrogen-bond acceptors (Lipinski definition) is 4. The van der Waals surface area contributed by atoms with Gasteiger partial charge in [0.2, 0.25) is 0 Å². The van der Waals surface area contributed by atoms with E-state index in [-0.39, 0.29) is 10.4 Å². The second-order valence-corrected chi connectivity index (χ2v) is 9.17. The van der Waals surface area contributed by atoms with E-state index in [2.05, 4.69) is 23.5 Å². The fourth-order valence-electron chi connectivity index (χ4n) is 3.00. The first kappa shape index (κ1) is 19.0. The molecule has 26 heavy (non-hydrogen) atoms. The minimum atomic E-state index is -3.68. The van der Waals surface area contributed by atoms with Gasteiger partial charge < -0.3 is 9.64 Å². The van der Waals surface area contributed by atoms with Crippen LogP contribution in [0.4, 0.5) is 11.4 Å². The van der Waals surface area contributed by atoms with Crippen LogP contribution in [0.25, 0.3) is 0 Å². The Hall–Kier alpha value is -1.76. The highest BCUT2D eigenvalue weighted by atomic mass is 35.5. The van der Waals surface area contributed by atoms with Crippen LogP contribution in [0.3, 0.4) is 0 Å². The molecule has 2 aromatic rings. The quantitative estimate of drug-likeness (QED) is 0.849. The monoisotopic (exact) mass is 394 g/mol. The molecule has 3 rings (SSSR count). The Kier molecular flexibility index (Phi) is 5.19. The van der Waals surface area contributed by atoms with E-state index in [4.69, 9.17) is 16.3 Å². The van der Waals surface area contributed by atoms with Crippen LogP contribution in [0.2, 0.25) is 5.02 Å². The summed E-state index contributed by atoms with van der Waals surface area (Å²) in [5.41, 5.74) is 2.29. The van der Waals surface area contributed by atoms with E-state index in [0.29, 0.717) is 23.9 Å². The zero-order valence-electron chi connectivity index (χ0n) is 15.1. The minimum Gasteiger partial charge on any atom is -0.377 e. The summed E-state index contributed by atoms with van der Waals surface area (Å²) in [7, 11) is -3.68. The van der Waals surface area contributed by atoms with Crippen molar-refractivity contribution in [3.63, 3.8) is 0 Å². The van der Waals surface area contributed by atoms with Gasteiger partial charge in [-0.25, -0.2) is 8.42 Å². The molecule has 1 aliphatic heterocycles. The number of hydrogen-bond donors (Lipinski definition) is 1. The van der Waals surface area contributed by atoms with E-state index in [1.54, 1.807) is 24.3 Å². The predicted molar refractivity (Wildman–Crippen MR) is 106 cm³/mol. The van der Waals surface area contributed by atoms with Crippen molar-refractivity contribution in [2.75, 3.05) is 29.4 Å². The maximum atomic E-state index is 12.6. The number of benzene rings is 2. The minimum absolute atomic E-state index is 0.0993. The Morgan fingerprint density at radius 3 is 2.46 bits per heavy atom. The van der Waals surface area contributed by atoms with Gasteiger partial charge in [-0.05, 0) is 62.7 Å². The summed E-state index contributed by atoms with van der Waals surface area (Å²) in [6, 6.07) is 12.1. The highest BCUT2D eigenvalue weighted by Crippen LogP contribution is 2.29. The third kappa shape index (κ3) is 3.98. The van der Waals surface area contributed by atoms with E-state index < -0.39 is 10.0 Å². The molecule has 0 amide bonds. The number of morpholine rings is 1. The molecule has 0 radical (unpaired) electrons. The molecule has 2 aromatic carbocycles. The van der Waals surface area contributed by atoms with Crippen LogP contribution in [0.5, 0.6) is 0 Å². The van der Waals surface area contributed by atoms with Gasteiger partial charge in [-0.1, -0.05) is 17.7 Å². The van der Waals surface area contributed by atoms with Gasteiger partial charge in [0.1, 0.15) is 0 Å². The number of ether oxygens (including phenoxy) is 1. The molecule has 1 heterocycles. The van der Waals surface area contributed by atoms with E-state index >= 15 is 0 Å². The summed E-state index contributed by atoms with van der Waals surface area (Å²) in [5.74, 6) is 0. The van der Waals surface area contributed by atoms with Crippen LogP contribution in [-0.2, 0) is 14.8 Å². The van der Waals surface area contributed by atoms with Crippen molar-refractivity contribution < 1.29 is 13.2 Å². The highest BCUT2D eigenvalue weighted by molar-refractivity contribution is 7.92. The number of rotatable bonds is 4. The van der Waals surface area contributed by atoms with Gasteiger partial charge in [0.25, 0.3) is 10.0 Å². The summed E-state index contributed by atoms with van der Waals surface area (Å²) in [6.07, 6.45) is 0. The standard InChI is InChI=1S/C19H23ClN2O3S/c1-14-4-9-17(12-18(14)20)26(23,24)21-15-5-7-16(8-6-15)22-10-11-25-13-19(22,2)3/h4-9,12,21H,10-11,13H2,1-3H3. The van der Waals surface area contributed by atoms with Crippen molar-refractivity contribution in [1.29, 1.82) is 0 Å². The van der Waals surface area contributed by atoms with E-state index in [1.807, 2.05) is 19.1 Å². The zero-order chi connectivity index (χ0) is 18.9. The van der Waals surface area contributed by atoms with Crippen LogP contribution >= 0.6 is 11.6 Å². The molecule has 7 heteroatoms. The third-order valence-corrected chi connectivity index (χ3v) is 6.32. The summed E-state index contributed by atoms with van der Waals surface area (Å²) in [5, 5.41) is 0.428. The lowest BCUT2D eigenvalue weighted by molar-refractivity contribution is 0.0644. The normalized spacial score (nSPS) is 17.2. The number of anilines is 2. The fourth-order valence-corrected chi connectivity index (χ4v) is 4.33. The molecule has 0 aromatic heterocycles. The first-order valence-electron chi connectivity index (χ1n) is 8.43. The second kappa shape index (κ2) is 7.10. The maximum Gasteiger partial charge on any atom is 0.261 e. The van der Waals surface area contributed by atoms with E-state index in [1.165, 1.54) is 6.07 Å². The fraction of sp³-hybridized carbons (Fsp3) is 0.368. The molecule has 0 bridgehead atoms. The second-order valence-electron chi connectivity index (χ2n) is 7.08. The predicted octanol–water partition coefficient (Wildman–Crippen LogP) is 4.06. The van der Waals surface area contributed by atoms with Crippen molar-refractivity contribution in [1.82, 2.24) is 0 Å². The van der Waals surface area contributed by atoms with Crippen LogP contribution in [0.1, 0.15) is 19.4 Å². The third-order valence-electron chi connectivity index (χ3n) is 4.53. The molecule has 1 saturated heterocycles. The molecular weight excluding hydrogens is 372 g/mol. The Morgan fingerprint density at radius 2 is 1.85 bits per heavy atom. The first-order chi connectivity index (χ1) is 12.2. The molecule has 0 unspecified atom stereocenters. The largest absolute Gasteiger partial charge is 0.377 e. The Balaban J connectivity index is 1.79. The first-order valence-corrected chi connectivity index (χ1v) is 10.3. The van der Waals surface area contributed by atoms with E-state index in [9.17, 15) is 8.42 Å². The van der Waals surface area contributed by atoms with Gasteiger partial charge in [-0.2, -0.15) is 0 Å². The Morgan fingerprint density at radius 1 is 1.15 bits per heavy atom. The van der Waals surface area contributed by atoms with Gasteiger partial charge in [0.15, 0.2) is 0 Å². The van der Waals surface area contributed by atoms with Gasteiger partial charge in [-0.3, -0.25) is 4.72 Å². The van der Waals surface area contributed by atoms with Gasteiger partial charge in [0.05, 0.1) is 23.6 Å². The van der Waals surface area contributed by atoms with Gasteiger partial charge >= 0.3 is 0 Å². The van der Waals surface area contributed by atoms with Crippen LogP contribution < -0.4 is 9.62 Å². The molecule has 0 spiro atoms. The average molecular weight is 395 g/mol. The smallest absolute Gasteiger partial charge is 0.261 e. The molecule has 0 aliphatic carbocycles. The molecule has 1 fully saturated rings. The summed E-state index contributed by atoms with van der Waals surface area (Å²) in [6.45, 7) is 8.24. The number of aryl methyl sites for hydroxylation is 1. The average Bonchev–Trinajstić information content (AvgIpc) is 2.57. The van der Waals surface area contributed by atoms with Crippen molar-refractivity contribution in [3.8, 4) is 0 Å². The highest BCUT2D eigenvalue weighted by Gasteiger charge is 2.30. The number of halogens is 1. The van der Waals surface area contributed by atoms with Crippen LogP contribution in [0, 0.1) is 6.92 Å². The number of nitrogens with one attached hydrogen (secondary N) is 1. The summed E-state index contributed by atoms with van der Waals surface area (Å²) < 4.78 is 33.3. The van der Waals surface area contributed by atoms with Crippen LogP contribution in [-0.4, -0.2) is 33.7 Å². The number of nitrogens with zero attached hydrogens (tertiary/aromatic N) is 1. The van der Waals surface area contributed by atoms with Crippen molar-refractivity contribution in [2.45, 2.75) is 31.2 Å². The summed E-state index contributed by atoms with van der Waals surface area (Å²) in [4.78, 5) is 2.42. The zero-order valence-corrected chi connectivity index (χ0v) is 16.7. The van der Waals surface area contributed by atoms with Crippen molar-refractivity contribution >= 4 is 33.0 Å². The Labute approximate surface area is 160 Å². The Bertz CT molecular complexity index is 896.